The van der Waals surface area contributed by atoms with Gasteiger partial charge in [-0.3, -0.25) is 0 Å². The normalized spacial score (nSPS) is 6.83. The third-order valence-corrected chi connectivity index (χ3v) is 1.72. The summed E-state index contributed by atoms with van der Waals surface area (Å²) < 4.78 is 1.47. The van der Waals surface area contributed by atoms with E-state index in [1.54, 1.807) is 0 Å². The molecule has 0 aliphatic carbocycles. The Balaban J connectivity index is 0. The first-order valence-corrected chi connectivity index (χ1v) is 4.45. The largest absolute Gasteiger partial charge is 0.147 e. The molecule has 0 rings (SSSR count). The first-order valence-electron chi connectivity index (χ1n) is 2.12. The van der Waals surface area contributed by atoms with Gasteiger partial charge in [-0.25, -0.2) is 0 Å². The molecule has 0 bridgehead atoms. The predicted octanol–water partition coefficient (Wildman–Crippen LogP) is 1.80. The minimum Gasteiger partial charge on any atom is -0.147 e. The van der Waals surface area contributed by atoms with Crippen molar-refractivity contribution in [3.8, 4) is 0 Å². The van der Waals surface area contributed by atoms with Gasteiger partial charge in [0.1, 0.15) is 0 Å². The molecule has 0 spiro atoms. The molecule has 0 aliphatic rings. The zero-order chi connectivity index (χ0) is 4.12. The van der Waals surface area contributed by atoms with Gasteiger partial charge in [0.25, 0.3) is 0 Å². The van der Waals surface area contributed by atoms with E-state index in [1.165, 1.54) is 41.4 Å². The third-order valence-electron chi connectivity index (χ3n) is 0.558. The zero-order valence-corrected chi connectivity index (χ0v) is 8.22. The predicted molar refractivity (Wildman–Crippen MR) is 32.7 cm³/mol. The number of unbranched alkanes of at least 4 members (excludes halogenated alkanes) is 1. The van der Waals surface area contributed by atoms with Crippen LogP contribution >= 0.6 is 12.4 Å². The van der Waals surface area contributed by atoms with Crippen molar-refractivity contribution in [2.45, 2.75) is 23.9 Å². The molecule has 0 unspecified atom stereocenters. The summed E-state index contributed by atoms with van der Waals surface area (Å²) in [5.74, 6) is 0. The van der Waals surface area contributed by atoms with Crippen LogP contribution in [0, 0.1) is 0 Å². The molecule has 0 aromatic rings. The second-order valence-electron chi connectivity index (χ2n) is 1.14. The van der Waals surface area contributed by atoms with E-state index in [9.17, 15) is 0 Å². The van der Waals surface area contributed by atoms with Crippen LogP contribution in [0.1, 0.15) is 19.8 Å². The number of hydrogen-bond donors (Lipinski definition) is 0. The van der Waals surface area contributed by atoms with Crippen LogP contribution in [0.4, 0.5) is 0 Å². The second-order valence-corrected chi connectivity index (χ2v) is 2.79. The van der Waals surface area contributed by atoms with Crippen LogP contribution in [0.25, 0.3) is 0 Å². The molecule has 0 saturated heterocycles. The zero-order valence-electron chi connectivity index (χ0n) is 4.11. The van der Waals surface area contributed by atoms with E-state index >= 15 is 0 Å². The summed E-state index contributed by atoms with van der Waals surface area (Å²) in [7, 11) is 0. The van der Waals surface area contributed by atoms with Crippen LogP contribution in [0.2, 0.25) is 4.18 Å². The molecule has 0 atom stereocenters. The molecule has 0 amide bonds. The van der Waals surface area contributed by atoms with Crippen molar-refractivity contribution in [2.75, 3.05) is 0 Å². The first kappa shape index (κ1) is 10.2. The Kier molecular flexibility index (Phi) is 16.1. The molecule has 0 aromatic heterocycles. The van der Waals surface area contributed by atoms with Gasteiger partial charge in [-0.15, -0.1) is 12.4 Å². The molecule has 2 heteroatoms. The van der Waals surface area contributed by atoms with E-state index in [4.69, 9.17) is 0 Å². The minimum atomic E-state index is 0. The Hall–Kier alpha value is 1.16. The van der Waals surface area contributed by atoms with Gasteiger partial charge in [0.2, 0.25) is 0 Å². The summed E-state index contributed by atoms with van der Waals surface area (Å²) in [6.45, 7) is 2.23. The Morgan fingerprint density at radius 2 is 2.00 bits per heavy atom. The fraction of sp³-hybridized carbons (Fsp3) is 1.00. The molecule has 0 aliphatic heterocycles. The van der Waals surface area contributed by atoms with Crippen molar-refractivity contribution >= 4 is 36.8 Å². The minimum absolute atomic E-state index is 0. The first-order chi connectivity index (χ1) is 2.41. The smallest absolute Gasteiger partial charge is 0.147 e. The Labute approximate surface area is 60.7 Å². The van der Waals surface area contributed by atoms with Crippen molar-refractivity contribution in [3.05, 3.63) is 0 Å². The summed E-state index contributed by atoms with van der Waals surface area (Å²) >= 11 is 1.45. The van der Waals surface area contributed by atoms with Crippen molar-refractivity contribution in [1.82, 2.24) is 0 Å². The fourth-order valence-corrected chi connectivity index (χ4v) is 1.37. The molecule has 0 N–H and O–H groups in total. The Morgan fingerprint density at radius 1 is 1.50 bits per heavy atom. The fourth-order valence-electron chi connectivity index (χ4n) is 0.204. The SMILES string of the molecule is CCC[CH2][In].Cl. The van der Waals surface area contributed by atoms with Gasteiger partial charge in [-0.1, -0.05) is 0 Å². The van der Waals surface area contributed by atoms with Crippen LogP contribution in [-0.2, 0) is 0 Å². The summed E-state index contributed by atoms with van der Waals surface area (Å²) in [4.78, 5) is 0. The Morgan fingerprint density at radius 3 is 2.00 bits per heavy atom. The van der Waals surface area contributed by atoms with Crippen LogP contribution in [0.3, 0.4) is 0 Å². The summed E-state index contributed by atoms with van der Waals surface area (Å²) in [5, 5.41) is 0. The van der Waals surface area contributed by atoms with E-state index in [2.05, 4.69) is 6.92 Å². The van der Waals surface area contributed by atoms with E-state index < -0.39 is 0 Å². The van der Waals surface area contributed by atoms with Gasteiger partial charge < -0.3 is 0 Å². The molecule has 36 valence electrons. The average molecular weight is 208 g/mol. The quantitative estimate of drug-likeness (QED) is 0.649. The third kappa shape index (κ3) is 8.94. The van der Waals surface area contributed by atoms with Crippen LogP contribution < -0.4 is 0 Å². The summed E-state index contributed by atoms with van der Waals surface area (Å²) in [6.07, 6.45) is 2.82. The van der Waals surface area contributed by atoms with Gasteiger partial charge in [0, 0.05) is 0 Å². The van der Waals surface area contributed by atoms with Crippen LogP contribution in [0.15, 0.2) is 0 Å². The molecule has 0 fully saturated rings. The van der Waals surface area contributed by atoms with Crippen LogP contribution in [0.5, 0.6) is 0 Å². The molecule has 0 saturated carbocycles. The molecule has 0 aromatic carbocycles. The number of halogens is 1. The van der Waals surface area contributed by atoms with Crippen molar-refractivity contribution in [2.24, 2.45) is 0 Å². The second kappa shape index (κ2) is 9.48. The maximum Gasteiger partial charge on any atom is -0.147 e. The standard InChI is InChI=1S/C4H9.ClH.In/c1-3-4-2;;/h1,3-4H2,2H3;1H;. The van der Waals surface area contributed by atoms with E-state index in [0.29, 0.717) is 0 Å². The van der Waals surface area contributed by atoms with Crippen molar-refractivity contribution < 1.29 is 0 Å². The van der Waals surface area contributed by atoms with Gasteiger partial charge in [0.05, 0.1) is 0 Å². The topological polar surface area (TPSA) is 0 Å². The van der Waals surface area contributed by atoms with E-state index in [-0.39, 0.29) is 12.4 Å². The van der Waals surface area contributed by atoms with Gasteiger partial charge >= 0.3 is 48.3 Å². The summed E-state index contributed by atoms with van der Waals surface area (Å²) in [6, 6.07) is 0. The van der Waals surface area contributed by atoms with Crippen molar-refractivity contribution in [3.63, 3.8) is 0 Å². The van der Waals surface area contributed by atoms with Crippen LogP contribution in [-0.4, -0.2) is 24.4 Å². The summed E-state index contributed by atoms with van der Waals surface area (Å²) in [5.41, 5.74) is 0. The molecular formula is C4H10ClIn. The molecule has 0 nitrogen and oxygen atoms in total. The average Bonchev–Trinajstić information content (AvgIpc) is 1.41. The van der Waals surface area contributed by atoms with Crippen molar-refractivity contribution in [1.29, 1.82) is 0 Å². The Bertz CT molecular complexity index is 15.0. The number of hydrogen-bond acceptors (Lipinski definition) is 0. The maximum atomic E-state index is 2.23. The monoisotopic (exact) mass is 208 g/mol. The maximum absolute atomic E-state index is 2.23. The van der Waals surface area contributed by atoms with E-state index in [1.807, 2.05) is 0 Å². The van der Waals surface area contributed by atoms with E-state index in [0.717, 1.165) is 0 Å². The molecular weight excluding hydrogens is 198 g/mol. The van der Waals surface area contributed by atoms with Gasteiger partial charge in [-0.2, -0.15) is 0 Å². The molecule has 6 heavy (non-hydrogen) atoms. The molecule has 2 radical (unpaired) electrons. The van der Waals surface area contributed by atoms with Gasteiger partial charge in [-0.05, 0) is 0 Å². The van der Waals surface area contributed by atoms with Gasteiger partial charge in [0.15, 0.2) is 0 Å². The molecule has 0 heterocycles. The number of rotatable bonds is 2.